The number of Topliss-reactive ketones (excluding diaryl/α,β-unsaturated/α-hetero) is 1. The number of esters is 1. The molecule has 1 rings (SSSR count). The predicted octanol–water partition coefficient (Wildman–Crippen LogP) is 3.52. The summed E-state index contributed by atoms with van der Waals surface area (Å²) in [7, 11) is 1.32. The van der Waals surface area contributed by atoms with Gasteiger partial charge < -0.3 is 4.74 Å². The largest absolute Gasteiger partial charge is 0.469 e. The lowest BCUT2D eigenvalue weighted by Gasteiger charge is -2.03. The minimum absolute atomic E-state index is 0.101. The Bertz CT molecular complexity index is 430. The van der Waals surface area contributed by atoms with E-state index in [4.69, 9.17) is 23.2 Å². The van der Waals surface area contributed by atoms with Crippen LogP contribution < -0.4 is 0 Å². The van der Waals surface area contributed by atoms with Crippen LogP contribution >= 0.6 is 23.2 Å². The number of carbonyl (C=O) groups is 2. The highest BCUT2D eigenvalue weighted by atomic mass is 35.5. The van der Waals surface area contributed by atoms with E-state index in [1.54, 1.807) is 12.1 Å². The van der Waals surface area contributed by atoms with Crippen LogP contribution in [0.1, 0.15) is 29.6 Å². The summed E-state index contributed by atoms with van der Waals surface area (Å²) in [6.07, 6.45) is 0.939. The normalized spacial score (nSPS) is 10.1. The summed E-state index contributed by atoms with van der Waals surface area (Å²) >= 11 is 11.6. The van der Waals surface area contributed by atoms with Crippen LogP contribution in [-0.2, 0) is 9.53 Å². The first-order chi connectivity index (χ1) is 8.04. The maximum Gasteiger partial charge on any atom is 0.305 e. The number of ketones is 1. The lowest BCUT2D eigenvalue weighted by Crippen LogP contribution is -2.04. The summed E-state index contributed by atoms with van der Waals surface area (Å²) in [5, 5.41) is 0.821. The first-order valence-corrected chi connectivity index (χ1v) is 5.85. The van der Waals surface area contributed by atoms with Gasteiger partial charge in [0, 0.05) is 23.4 Å². The van der Waals surface area contributed by atoms with E-state index in [1.807, 2.05) is 0 Å². The van der Waals surface area contributed by atoms with E-state index in [9.17, 15) is 9.59 Å². The van der Waals surface area contributed by atoms with Crippen molar-refractivity contribution in [2.75, 3.05) is 7.11 Å². The molecule has 0 bridgehead atoms. The van der Waals surface area contributed by atoms with Crippen molar-refractivity contribution in [2.24, 2.45) is 0 Å². The molecule has 5 heteroatoms. The zero-order valence-electron chi connectivity index (χ0n) is 9.33. The zero-order valence-corrected chi connectivity index (χ0v) is 10.8. The average molecular weight is 275 g/mol. The van der Waals surface area contributed by atoms with Crippen molar-refractivity contribution in [3.05, 3.63) is 33.8 Å². The number of benzene rings is 1. The Kier molecular flexibility index (Phi) is 5.45. The van der Waals surface area contributed by atoms with Crippen molar-refractivity contribution >= 4 is 35.0 Å². The monoisotopic (exact) mass is 274 g/mol. The molecule has 0 aromatic heterocycles. The third-order valence-corrected chi connectivity index (χ3v) is 2.79. The Morgan fingerprint density at radius 3 is 2.53 bits per heavy atom. The fraction of sp³-hybridized carbons (Fsp3) is 0.333. The summed E-state index contributed by atoms with van der Waals surface area (Å²) in [4.78, 5) is 22.6. The lowest BCUT2D eigenvalue weighted by molar-refractivity contribution is -0.140. The molecule has 0 aliphatic carbocycles. The summed E-state index contributed by atoms with van der Waals surface area (Å²) in [6.45, 7) is 0. The Morgan fingerprint density at radius 2 is 1.94 bits per heavy atom. The topological polar surface area (TPSA) is 43.4 Å². The third-order valence-electron chi connectivity index (χ3n) is 2.24. The molecule has 0 atom stereocenters. The van der Waals surface area contributed by atoms with E-state index in [0.717, 1.165) is 0 Å². The van der Waals surface area contributed by atoms with Crippen LogP contribution in [0.25, 0.3) is 0 Å². The molecule has 17 heavy (non-hydrogen) atoms. The van der Waals surface area contributed by atoms with Gasteiger partial charge in [0.15, 0.2) is 5.78 Å². The van der Waals surface area contributed by atoms with E-state index < -0.39 is 0 Å². The highest BCUT2D eigenvalue weighted by molar-refractivity contribution is 6.36. The molecule has 1 aromatic carbocycles. The number of hydrogen-bond acceptors (Lipinski definition) is 3. The molecule has 0 unspecified atom stereocenters. The average Bonchev–Trinajstić information content (AvgIpc) is 2.28. The highest BCUT2D eigenvalue weighted by Crippen LogP contribution is 2.22. The molecular formula is C12H12Cl2O3. The van der Waals surface area contributed by atoms with Gasteiger partial charge in [0.1, 0.15) is 0 Å². The molecule has 0 radical (unpaired) electrons. The molecule has 0 spiro atoms. The van der Waals surface area contributed by atoms with Crippen molar-refractivity contribution < 1.29 is 14.3 Å². The van der Waals surface area contributed by atoms with Crippen molar-refractivity contribution in [1.29, 1.82) is 0 Å². The minimum atomic E-state index is -0.319. The summed E-state index contributed by atoms with van der Waals surface area (Å²) in [5.41, 5.74) is 0.431. The smallest absolute Gasteiger partial charge is 0.305 e. The van der Waals surface area contributed by atoms with Gasteiger partial charge in [-0.05, 0) is 24.6 Å². The Morgan fingerprint density at radius 1 is 1.24 bits per heavy atom. The quantitative estimate of drug-likeness (QED) is 0.610. The molecule has 0 heterocycles. The maximum absolute atomic E-state index is 11.8. The first-order valence-electron chi connectivity index (χ1n) is 5.09. The van der Waals surface area contributed by atoms with Gasteiger partial charge in [-0.1, -0.05) is 23.2 Å². The van der Waals surface area contributed by atoms with E-state index >= 15 is 0 Å². The predicted molar refractivity (Wildman–Crippen MR) is 66.7 cm³/mol. The molecule has 3 nitrogen and oxygen atoms in total. The Balaban J connectivity index is 2.55. The molecule has 0 amide bonds. The van der Waals surface area contributed by atoms with E-state index in [1.165, 1.54) is 13.2 Å². The SMILES string of the molecule is COC(=O)CCCC(=O)c1ccc(Cl)cc1Cl. The lowest BCUT2D eigenvalue weighted by atomic mass is 10.1. The second kappa shape index (κ2) is 6.62. The number of hydrogen-bond donors (Lipinski definition) is 0. The highest BCUT2D eigenvalue weighted by Gasteiger charge is 2.11. The van der Waals surface area contributed by atoms with Crippen molar-refractivity contribution in [2.45, 2.75) is 19.3 Å². The third kappa shape index (κ3) is 4.36. The molecule has 0 aliphatic heterocycles. The summed E-state index contributed by atoms with van der Waals surface area (Å²) in [6, 6.07) is 4.72. The molecule has 0 N–H and O–H groups in total. The van der Waals surface area contributed by atoms with Gasteiger partial charge in [-0.3, -0.25) is 9.59 Å². The molecule has 92 valence electrons. The standard InChI is InChI=1S/C12H12Cl2O3/c1-17-12(16)4-2-3-11(15)9-6-5-8(13)7-10(9)14/h5-7H,2-4H2,1H3. The molecule has 0 saturated carbocycles. The van der Waals surface area contributed by atoms with Gasteiger partial charge in [-0.2, -0.15) is 0 Å². The van der Waals surface area contributed by atoms with Gasteiger partial charge >= 0.3 is 5.97 Å². The molecule has 0 aliphatic rings. The maximum atomic E-state index is 11.8. The summed E-state index contributed by atoms with van der Waals surface area (Å²) < 4.78 is 4.48. The number of halogens is 2. The number of carbonyl (C=O) groups excluding carboxylic acids is 2. The van der Waals surface area contributed by atoms with Crippen molar-refractivity contribution in [3.63, 3.8) is 0 Å². The molecular weight excluding hydrogens is 263 g/mol. The minimum Gasteiger partial charge on any atom is -0.469 e. The van der Waals surface area contributed by atoms with E-state index in [0.29, 0.717) is 22.0 Å². The molecule has 0 fully saturated rings. The number of methoxy groups -OCH3 is 1. The van der Waals surface area contributed by atoms with Gasteiger partial charge in [0.25, 0.3) is 0 Å². The van der Waals surface area contributed by atoms with Gasteiger partial charge in [-0.25, -0.2) is 0 Å². The number of ether oxygens (including phenoxy) is 1. The fourth-order valence-corrected chi connectivity index (χ4v) is 1.86. The second-order valence-electron chi connectivity index (χ2n) is 3.48. The molecule has 0 saturated heterocycles. The van der Waals surface area contributed by atoms with Crippen LogP contribution in [-0.4, -0.2) is 18.9 Å². The van der Waals surface area contributed by atoms with E-state index in [2.05, 4.69) is 4.74 Å². The Hall–Kier alpha value is -1.06. The summed E-state index contributed by atoms with van der Waals surface area (Å²) in [5.74, 6) is -0.421. The second-order valence-corrected chi connectivity index (χ2v) is 4.32. The van der Waals surface area contributed by atoms with Crippen LogP contribution in [0.2, 0.25) is 10.0 Å². The number of rotatable bonds is 5. The van der Waals surface area contributed by atoms with Crippen LogP contribution in [0.15, 0.2) is 18.2 Å². The van der Waals surface area contributed by atoms with Crippen molar-refractivity contribution in [3.8, 4) is 0 Å². The van der Waals surface area contributed by atoms with Gasteiger partial charge in [0.2, 0.25) is 0 Å². The first kappa shape index (κ1) is 14.0. The zero-order chi connectivity index (χ0) is 12.8. The van der Waals surface area contributed by atoms with E-state index in [-0.39, 0.29) is 24.6 Å². The van der Waals surface area contributed by atoms with Crippen LogP contribution in [0.4, 0.5) is 0 Å². The van der Waals surface area contributed by atoms with Gasteiger partial charge in [0.05, 0.1) is 12.1 Å². The van der Waals surface area contributed by atoms with Crippen LogP contribution in [0, 0.1) is 0 Å². The van der Waals surface area contributed by atoms with Crippen molar-refractivity contribution in [1.82, 2.24) is 0 Å². The molecule has 1 aromatic rings. The Labute approximate surface area is 110 Å². The van der Waals surface area contributed by atoms with Gasteiger partial charge in [-0.15, -0.1) is 0 Å². The fourth-order valence-electron chi connectivity index (χ4n) is 1.35. The van der Waals surface area contributed by atoms with Crippen LogP contribution in [0.3, 0.4) is 0 Å². The van der Waals surface area contributed by atoms with Crippen LogP contribution in [0.5, 0.6) is 0 Å².